The molecule has 0 radical (unpaired) electrons. The summed E-state index contributed by atoms with van der Waals surface area (Å²) in [6.07, 6.45) is 3.60. The van der Waals surface area contributed by atoms with Crippen molar-refractivity contribution in [1.82, 2.24) is 10.2 Å². The molecule has 0 aromatic rings. The molecule has 0 aliphatic carbocycles. The molecule has 1 fully saturated rings. The molecule has 1 amide bonds. The van der Waals surface area contributed by atoms with Crippen LogP contribution in [0.15, 0.2) is 0 Å². The number of rotatable bonds is 4. The Morgan fingerprint density at radius 2 is 2.31 bits per heavy atom. The van der Waals surface area contributed by atoms with Crippen LogP contribution in [0.25, 0.3) is 0 Å². The van der Waals surface area contributed by atoms with E-state index >= 15 is 0 Å². The summed E-state index contributed by atoms with van der Waals surface area (Å²) in [5, 5.41) is 11.2. The minimum Gasteiger partial charge on any atom is -0.354 e. The maximum atomic E-state index is 11.2. The molecule has 0 saturated carbocycles. The Morgan fingerprint density at radius 3 is 2.94 bits per heavy atom. The van der Waals surface area contributed by atoms with Crippen molar-refractivity contribution in [1.29, 1.82) is 5.26 Å². The van der Waals surface area contributed by atoms with Crippen LogP contribution < -0.4 is 5.32 Å². The molecule has 1 rings (SSSR count). The van der Waals surface area contributed by atoms with Gasteiger partial charge in [0.1, 0.15) is 6.42 Å². The van der Waals surface area contributed by atoms with Gasteiger partial charge in [-0.1, -0.05) is 6.42 Å². The van der Waals surface area contributed by atoms with E-state index in [0.717, 1.165) is 13.0 Å². The van der Waals surface area contributed by atoms with Gasteiger partial charge in [-0.25, -0.2) is 0 Å². The molecule has 1 heterocycles. The minimum atomic E-state index is -0.156. The highest BCUT2D eigenvalue weighted by atomic mass is 16.1. The van der Waals surface area contributed by atoms with Crippen LogP contribution in [-0.4, -0.2) is 36.0 Å². The van der Waals surface area contributed by atoms with E-state index < -0.39 is 0 Å². The SMILES string of the molecule is CC(C)N1CCCCC1CNC(=O)CC#N. The van der Waals surface area contributed by atoms with Crippen molar-refractivity contribution >= 4 is 5.91 Å². The quantitative estimate of drug-likeness (QED) is 0.781. The van der Waals surface area contributed by atoms with E-state index in [0.29, 0.717) is 18.6 Å². The largest absolute Gasteiger partial charge is 0.354 e. The third kappa shape index (κ3) is 3.82. The number of hydrogen-bond donors (Lipinski definition) is 1. The predicted octanol–water partition coefficient (Wildman–Crippen LogP) is 1.28. The van der Waals surface area contributed by atoms with E-state index in [2.05, 4.69) is 24.1 Å². The number of nitriles is 1. The first-order chi connectivity index (χ1) is 7.65. The monoisotopic (exact) mass is 223 g/mol. The Morgan fingerprint density at radius 1 is 1.56 bits per heavy atom. The Bertz CT molecular complexity index is 270. The topological polar surface area (TPSA) is 56.1 Å². The average Bonchev–Trinajstić information content (AvgIpc) is 2.27. The standard InChI is InChI=1S/C12H21N3O/c1-10(2)15-8-4-3-5-11(15)9-14-12(16)6-7-13/h10-11H,3-6,8-9H2,1-2H3,(H,14,16). The summed E-state index contributed by atoms with van der Waals surface area (Å²) in [5.74, 6) is -0.156. The number of amides is 1. The molecule has 0 aromatic heterocycles. The first-order valence-electron chi connectivity index (χ1n) is 6.04. The van der Waals surface area contributed by atoms with E-state index in [1.54, 1.807) is 0 Å². The molecule has 1 aliphatic heterocycles. The highest BCUT2D eigenvalue weighted by molar-refractivity contribution is 5.77. The second-order valence-electron chi connectivity index (χ2n) is 4.62. The van der Waals surface area contributed by atoms with Crippen LogP contribution >= 0.6 is 0 Å². The van der Waals surface area contributed by atoms with Crippen LogP contribution in [0.4, 0.5) is 0 Å². The molecule has 1 saturated heterocycles. The fourth-order valence-corrected chi connectivity index (χ4v) is 2.29. The molecule has 0 spiro atoms. The van der Waals surface area contributed by atoms with Crippen LogP contribution in [0.3, 0.4) is 0 Å². The lowest BCUT2D eigenvalue weighted by Gasteiger charge is -2.38. The zero-order valence-electron chi connectivity index (χ0n) is 10.2. The van der Waals surface area contributed by atoms with E-state index in [1.165, 1.54) is 12.8 Å². The van der Waals surface area contributed by atoms with Crippen molar-refractivity contribution in [2.75, 3.05) is 13.1 Å². The number of carbonyl (C=O) groups excluding carboxylic acids is 1. The van der Waals surface area contributed by atoms with Gasteiger partial charge < -0.3 is 5.32 Å². The highest BCUT2D eigenvalue weighted by Gasteiger charge is 2.24. The fraction of sp³-hybridized carbons (Fsp3) is 0.833. The molecule has 1 atom stereocenters. The number of carbonyl (C=O) groups is 1. The zero-order valence-corrected chi connectivity index (χ0v) is 10.2. The summed E-state index contributed by atoms with van der Waals surface area (Å²) in [4.78, 5) is 13.7. The molecule has 0 bridgehead atoms. The van der Waals surface area contributed by atoms with Crippen molar-refractivity contribution in [2.45, 2.75) is 51.6 Å². The van der Waals surface area contributed by atoms with Gasteiger partial charge in [0.15, 0.2) is 0 Å². The molecular weight excluding hydrogens is 202 g/mol. The second kappa shape index (κ2) is 6.49. The van der Waals surface area contributed by atoms with Crippen LogP contribution in [0.5, 0.6) is 0 Å². The second-order valence-corrected chi connectivity index (χ2v) is 4.62. The summed E-state index contributed by atoms with van der Waals surface area (Å²) in [6.45, 7) is 6.18. The summed E-state index contributed by atoms with van der Waals surface area (Å²) >= 11 is 0. The first-order valence-corrected chi connectivity index (χ1v) is 6.04. The van der Waals surface area contributed by atoms with Gasteiger partial charge in [-0.3, -0.25) is 9.69 Å². The van der Waals surface area contributed by atoms with Crippen LogP contribution in [0.1, 0.15) is 39.5 Å². The van der Waals surface area contributed by atoms with Crippen molar-refractivity contribution in [2.24, 2.45) is 0 Å². The lowest BCUT2D eigenvalue weighted by molar-refractivity contribution is -0.120. The minimum absolute atomic E-state index is 0.0333. The molecule has 4 nitrogen and oxygen atoms in total. The third-order valence-corrected chi connectivity index (χ3v) is 3.11. The van der Waals surface area contributed by atoms with Crippen molar-refractivity contribution in [3.8, 4) is 6.07 Å². The molecule has 1 N–H and O–H groups in total. The van der Waals surface area contributed by atoms with Gasteiger partial charge in [0.25, 0.3) is 0 Å². The predicted molar refractivity (Wildman–Crippen MR) is 62.7 cm³/mol. The number of likely N-dealkylation sites (tertiary alicyclic amines) is 1. The van der Waals surface area contributed by atoms with Crippen molar-refractivity contribution in [3.63, 3.8) is 0 Å². The molecule has 16 heavy (non-hydrogen) atoms. The van der Waals surface area contributed by atoms with Gasteiger partial charge in [0.2, 0.25) is 5.91 Å². The van der Waals surface area contributed by atoms with Gasteiger partial charge in [-0.15, -0.1) is 0 Å². The highest BCUT2D eigenvalue weighted by Crippen LogP contribution is 2.18. The summed E-state index contributed by atoms with van der Waals surface area (Å²) in [5.41, 5.74) is 0. The lowest BCUT2D eigenvalue weighted by atomic mass is 10.0. The van der Waals surface area contributed by atoms with Crippen molar-refractivity contribution < 1.29 is 4.79 Å². The normalized spacial score (nSPS) is 21.8. The Kier molecular flexibility index (Phi) is 5.27. The molecule has 0 aromatic carbocycles. The average molecular weight is 223 g/mol. The van der Waals surface area contributed by atoms with E-state index in [-0.39, 0.29) is 12.3 Å². The summed E-state index contributed by atoms with van der Waals surface area (Å²) in [6, 6.07) is 2.83. The molecule has 1 unspecified atom stereocenters. The maximum Gasteiger partial charge on any atom is 0.234 e. The zero-order chi connectivity index (χ0) is 12.0. The molecule has 4 heteroatoms. The summed E-state index contributed by atoms with van der Waals surface area (Å²) in [7, 11) is 0. The van der Waals surface area contributed by atoms with Crippen molar-refractivity contribution in [3.05, 3.63) is 0 Å². The third-order valence-electron chi connectivity index (χ3n) is 3.11. The number of nitrogens with zero attached hydrogens (tertiary/aromatic N) is 2. The van der Waals surface area contributed by atoms with Gasteiger partial charge in [-0.05, 0) is 33.2 Å². The smallest absolute Gasteiger partial charge is 0.234 e. The van der Waals surface area contributed by atoms with Gasteiger partial charge in [0, 0.05) is 18.6 Å². The van der Waals surface area contributed by atoms with E-state index in [9.17, 15) is 4.79 Å². The number of nitrogens with one attached hydrogen (secondary N) is 1. The Labute approximate surface area is 97.6 Å². The van der Waals surface area contributed by atoms with Gasteiger partial charge in [-0.2, -0.15) is 5.26 Å². The molecular formula is C12H21N3O. The van der Waals surface area contributed by atoms with Crippen LogP contribution in [0, 0.1) is 11.3 Å². The first kappa shape index (κ1) is 13.0. The van der Waals surface area contributed by atoms with E-state index in [4.69, 9.17) is 5.26 Å². The summed E-state index contributed by atoms with van der Waals surface area (Å²) < 4.78 is 0. The van der Waals surface area contributed by atoms with Crippen LogP contribution in [-0.2, 0) is 4.79 Å². The van der Waals surface area contributed by atoms with Gasteiger partial charge in [0.05, 0.1) is 6.07 Å². The number of hydrogen-bond acceptors (Lipinski definition) is 3. The van der Waals surface area contributed by atoms with Crippen LogP contribution in [0.2, 0.25) is 0 Å². The Balaban J connectivity index is 2.38. The molecule has 90 valence electrons. The maximum absolute atomic E-state index is 11.2. The lowest BCUT2D eigenvalue weighted by Crippen LogP contribution is -2.49. The molecule has 1 aliphatic rings. The van der Waals surface area contributed by atoms with E-state index in [1.807, 2.05) is 6.07 Å². The Hall–Kier alpha value is -1.08. The number of piperidine rings is 1. The fourth-order valence-electron chi connectivity index (χ4n) is 2.29. The van der Waals surface area contributed by atoms with Gasteiger partial charge >= 0.3 is 0 Å².